The van der Waals surface area contributed by atoms with Crippen LogP contribution >= 0.6 is 11.6 Å². The predicted molar refractivity (Wildman–Crippen MR) is 94.4 cm³/mol. The monoisotopic (exact) mass is 384 g/mol. The zero-order valence-electron chi connectivity index (χ0n) is 14.1. The fourth-order valence-electron chi connectivity index (χ4n) is 2.48. The van der Waals surface area contributed by atoms with Crippen molar-refractivity contribution in [2.75, 3.05) is 0 Å². The Morgan fingerprint density at radius 1 is 1.19 bits per heavy atom. The van der Waals surface area contributed by atoms with Crippen molar-refractivity contribution in [3.8, 4) is 17.3 Å². The van der Waals surface area contributed by atoms with Crippen molar-refractivity contribution in [2.45, 2.75) is 13.5 Å². The van der Waals surface area contributed by atoms with Gasteiger partial charge >= 0.3 is 5.97 Å². The van der Waals surface area contributed by atoms with Crippen LogP contribution in [0.1, 0.15) is 21.9 Å². The smallest absolute Gasteiger partial charge is 0.343 e. The zero-order chi connectivity index (χ0) is 18.8. The van der Waals surface area contributed by atoms with E-state index < -0.39 is 5.97 Å². The van der Waals surface area contributed by atoms with Crippen molar-refractivity contribution >= 4 is 17.6 Å². The number of hydrogen-bond donors (Lipinski definition) is 0. The largest absolute Gasteiger partial charge is 0.459 e. The summed E-state index contributed by atoms with van der Waals surface area (Å²) in [5.41, 5.74) is 1.38. The van der Waals surface area contributed by atoms with E-state index >= 15 is 0 Å². The van der Waals surface area contributed by atoms with Gasteiger partial charge in [0.25, 0.3) is 11.8 Å². The fraction of sp³-hybridized carbons (Fsp3) is 0.111. The maximum absolute atomic E-state index is 12.5. The standard InChI is InChI=1S/C18H13ClN4O4/c1-11-15(16(19)23(22-11)12-6-3-2-4-7-12)18(24)26-10-14-20-21-17(27-14)13-8-5-9-25-13/h2-9H,10H2,1H3. The molecule has 0 saturated carbocycles. The van der Waals surface area contributed by atoms with E-state index in [0.717, 1.165) is 5.69 Å². The number of esters is 1. The van der Waals surface area contributed by atoms with E-state index in [9.17, 15) is 4.79 Å². The summed E-state index contributed by atoms with van der Waals surface area (Å²) in [6, 6.07) is 12.6. The van der Waals surface area contributed by atoms with Gasteiger partial charge in [-0.1, -0.05) is 29.8 Å². The molecule has 9 heteroatoms. The highest BCUT2D eigenvalue weighted by Crippen LogP contribution is 2.25. The van der Waals surface area contributed by atoms with Crippen molar-refractivity contribution in [3.05, 3.63) is 71.0 Å². The number of para-hydroxylation sites is 1. The molecule has 0 spiro atoms. The Kier molecular flexibility index (Phi) is 4.47. The number of furan rings is 1. The Hall–Kier alpha value is -3.39. The number of aromatic nitrogens is 4. The minimum Gasteiger partial charge on any atom is -0.459 e. The van der Waals surface area contributed by atoms with Gasteiger partial charge in [0.15, 0.2) is 12.4 Å². The minimum absolute atomic E-state index is 0.138. The second-order valence-corrected chi connectivity index (χ2v) is 5.91. The summed E-state index contributed by atoms with van der Waals surface area (Å²) in [4.78, 5) is 12.5. The topological polar surface area (TPSA) is 96.2 Å². The first-order chi connectivity index (χ1) is 13.1. The van der Waals surface area contributed by atoms with Crippen LogP contribution in [0, 0.1) is 6.92 Å². The van der Waals surface area contributed by atoms with Gasteiger partial charge in [-0.2, -0.15) is 5.10 Å². The van der Waals surface area contributed by atoms with Crippen LogP contribution in [0.5, 0.6) is 0 Å². The molecule has 0 amide bonds. The van der Waals surface area contributed by atoms with Crippen LogP contribution in [0.4, 0.5) is 0 Å². The molecule has 0 aliphatic rings. The van der Waals surface area contributed by atoms with E-state index in [2.05, 4.69) is 15.3 Å². The van der Waals surface area contributed by atoms with Crippen LogP contribution in [0.2, 0.25) is 5.15 Å². The van der Waals surface area contributed by atoms with E-state index in [4.69, 9.17) is 25.2 Å². The Labute approximate surface area is 158 Å². The molecule has 8 nitrogen and oxygen atoms in total. The first-order valence-electron chi connectivity index (χ1n) is 7.97. The normalized spacial score (nSPS) is 10.9. The summed E-state index contributed by atoms with van der Waals surface area (Å²) < 4.78 is 17.3. The van der Waals surface area contributed by atoms with Crippen LogP contribution in [0.3, 0.4) is 0 Å². The molecule has 3 aromatic heterocycles. The lowest BCUT2D eigenvalue weighted by Crippen LogP contribution is -2.07. The maximum Gasteiger partial charge on any atom is 0.343 e. The zero-order valence-corrected chi connectivity index (χ0v) is 14.9. The highest BCUT2D eigenvalue weighted by atomic mass is 35.5. The SMILES string of the molecule is Cc1nn(-c2ccccc2)c(Cl)c1C(=O)OCc1nnc(-c2ccco2)o1. The molecule has 0 saturated heterocycles. The quantitative estimate of drug-likeness (QED) is 0.482. The Morgan fingerprint density at radius 3 is 2.74 bits per heavy atom. The molecule has 0 aliphatic heterocycles. The highest BCUT2D eigenvalue weighted by Gasteiger charge is 2.23. The lowest BCUT2D eigenvalue weighted by atomic mass is 10.2. The maximum atomic E-state index is 12.5. The number of ether oxygens (including phenoxy) is 1. The van der Waals surface area contributed by atoms with Gasteiger partial charge in [0.1, 0.15) is 10.7 Å². The molecule has 0 radical (unpaired) electrons. The summed E-state index contributed by atoms with van der Waals surface area (Å²) >= 11 is 6.35. The Balaban J connectivity index is 1.50. The molecule has 27 heavy (non-hydrogen) atoms. The summed E-state index contributed by atoms with van der Waals surface area (Å²) in [5, 5.41) is 12.2. The van der Waals surface area contributed by atoms with E-state index in [1.807, 2.05) is 30.3 Å². The number of nitrogens with zero attached hydrogens (tertiary/aromatic N) is 4. The van der Waals surface area contributed by atoms with Gasteiger partial charge in [-0.25, -0.2) is 9.48 Å². The third-order valence-electron chi connectivity index (χ3n) is 3.73. The Morgan fingerprint density at radius 2 is 2.00 bits per heavy atom. The highest BCUT2D eigenvalue weighted by molar-refractivity contribution is 6.33. The van der Waals surface area contributed by atoms with Crippen molar-refractivity contribution in [2.24, 2.45) is 0 Å². The lowest BCUT2D eigenvalue weighted by molar-refractivity contribution is 0.0438. The van der Waals surface area contributed by atoms with Crippen molar-refractivity contribution in [1.82, 2.24) is 20.0 Å². The second-order valence-electron chi connectivity index (χ2n) is 5.55. The number of carbonyl (C=O) groups excluding carboxylic acids is 1. The summed E-state index contributed by atoms with van der Waals surface area (Å²) in [6.07, 6.45) is 1.49. The average Bonchev–Trinajstić information content (AvgIpc) is 3.41. The van der Waals surface area contributed by atoms with Crippen LogP contribution in [0.25, 0.3) is 17.3 Å². The number of hydrogen-bond acceptors (Lipinski definition) is 7. The van der Waals surface area contributed by atoms with Gasteiger partial charge in [0, 0.05) is 0 Å². The van der Waals surface area contributed by atoms with Crippen LogP contribution in [-0.4, -0.2) is 25.9 Å². The number of carbonyl (C=O) groups is 1. The number of aryl methyl sites for hydroxylation is 1. The molecule has 1 aromatic carbocycles. The summed E-state index contributed by atoms with van der Waals surface area (Å²) in [5.74, 6) is 0.150. The van der Waals surface area contributed by atoms with Crippen LogP contribution in [-0.2, 0) is 11.3 Å². The van der Waals surface area contributed by atoms with Gasteiger partial charge < -0.3 is 13.6 Å². The summed E-state index contributed by atoms with van der Waals surface area (Å²) in [6.45, 7) is 1.49. The number of benzene rings is 1. The average molecular weight is 385 g/mol. The molecular formula is C18H13ClN4O4. The van der Waals surface area contributed by atoms with Crippen LogP contribution < -0.4 is 0 Å². The van der Waals surface area contributed by atoms with E-state index in [-0.39, 0.29) is 29.1 Å². The second kappa shape index (κ2) is 7.08. The van der Waals surface area contributed by atoms with Gasteiger partial charge in [-0.3, -0.25) is 0 Å². The molecule has 4 rings (SSSR count). The molecule has 3 heterocycles. The first-order valence-corrected chi connectivity index (χ1v) is 8.35. The van der Waals surface area contributed by atoms with Crippen molar-refractivity contribution in [1.29, 1.82) is 0 Å². The Bertz CT molecular complexity index is 1070. The van der Waals surface area contributed by atoms with Crippen molar-refractivity contribution in [3.63, 3.8) is 0 Å². The third kappa shape index (κ3) is 3.34. The molecule has 0 aliphatic carbocycles. The fourth-order valence-corrected chi connectivity index (χ4v) is 2.83. The predicted octanol–water partition coefficient (Wildman–Crippen LogP) is 3.83. The molecule has 0 bridgehead atoms. The minimum atomic E-state index is -0.627. The molecule has 136 valence electrons. The number of halogens is 1. The molecule has 0 atom stereocenters. The van der Waals surface area contributed by atoms with Crippen LogP contribution in [0.15, 0.2) is 57.6 Å². The molecule has 4 aromatic rings. The van der Waals surface area contributed by atoms with E-state index in [1.165, 1.54) is 10.9 Å². The molecule has 0 unspecified atom stereocenters. The lowest BCUT2D eigenvalue weighted by Gasteiger charge is -2.03. The third-order valence-corrected chi connectivity index (χ3v) is 4.08. The summed E-state index contributed by atoms with van der Waals surface area (Å²) in [7, 11) is 0. The molecule has 0 fully saturated rings. The van der Waals surface area contributed by atoms with Gasteiger partial charge in [-0.15, -0.1) is 10.2 Å². The van der Waals surface area contributed by atoms with Gasteiger partial charge in [-0.05, 0) is 31.2 Å². The molecule has 0 N–H and O–H groups in total. The van der Waals surface area contributed by atoms with E-state index in [1.54, 1.807) is 19.1 Å². The first kappa shape index (κ1) is 17.0. The molecular weight excluding hydrogens is 372 g/mol. The van der Waals surface area contributed by atoms with Crippen molar-refractivity contribution < 1.29 is 18.4 Å². The van der Waals surface area contributed by atoms with Gasteiger partial charge in [0.05, 0.1) is 17.6 Å². The van der Waals surface area contributed by atoms with Gasteiger partial charge in [0.2, 0.25) is 0 Å². The van der Waals surface area contributed by atoms with E-state index in [0.29, 0.717) is 11.5 Å². The number of rotatable bonds is 5.